The van der Waals surface area contributed by atoms with E-state index in [9.17, 15) is 4.79 Å². The molecule has 2 aromatic carbocycles. The highest BCUT2D eigenvalue weighted by molar-refractivity contribution is 6.01. The molecular weight excluding hydrogens is 416 g/mol. The van der Waals surface area contributed by atoms with Crippen molar-refractivity contribution in [3.63, 3.8) is 0 Å². The Hall–Kier alpha value is -3.09. The fourth-order valence-corrected chi connectivity index (χ4v) is 4.67. The van der Waals surface area contributed by atoms with Gasteiger partial charge in [-0.2, -0.15) is 0 Å². The van der Waals surface area contributed by atoms with E-state index in [0.717, 1.165) is 49.1 Å². The number of nitrogens with zero attached hydrogens (tertiary/aromatic N) is 1. The van der Waals surface area contributed by atoms with E-state index < -0.39 is 0 Å². The van der Waals surface area contributed by atoms with Crippen molar-refractivity contribution in [1.29, 1.82) is 0 Å². The molecule has 2 aromatic heterocycles. The quantitative estimate of drug-likeness (QED) is 0.308. The lowest BCUT2D eigenvalue weighted by Crippen LogP contribution is -2.42. The van der Waals surface area contributed by atoms with Crippen LogP contribution in [0.25, 0.3) is 21.9 Å². The van der Waals surface area contributed by atoms with Crippen LogP contribution in [0.4, 0.5) is 0 Å². The summed E-state index contributed by atoms with van der Waals surface area (Å²) in [6.45, 7) is 6.91. The minimum atomic E-state index is -0.379. The molecule has 3 heterocycles. The maximum atomic E-state index is 11.6. The zero-order valence-electron chi connectivity index (χ0n) is 19.0. The van der Waals surface area contributed by atoms with Gasteiger partial charge in [-0.3, -0.25) is 0 Å². The second kappa shape index (κ2) is 9.81. The Morgan fingerprint density at radius 2 is 1.91 bits per heavy atom. The lowest BCUT2D eigenvalue weighted by Gasteiger charge is -2.32. The number of rotatable bonds is 8. The summed E-state index contributed by atoms with van der Waals surface area (Å²) >= 11 is 0. The van der Waals surface area contributed by atoms with Gasteiger partial charge in [0.2, 0.25) is 0 Å². The summed E-state index contributed by atoms with van der Waals surface area (Å²) in [6.07, 6.45) is 4.91. The zero-order chi connectivity index (χ0) is 22.6. The van der Waals surface area contributed by atoms with Gasteiger partial charge < -0.3 is 23.8 Å². The number of furan rings is 1. The number of aryl methyl sites for hydroxylation is 1. The van der Waals surface area contributed by atoms with Crippen LogP contribution in [-0.4, -0.2) is 37.2 Å². The molecule has 0 bridgehead atoms. The SMILES string of the molecule is Cc1cccc(CNC2CCN(CCCOc3c4ccoc4cc4oc(=O)ccc34)CC2)c1. The number of nitrogens with one attached hydrogen (secondary N) is 1. The van der Waals surface area contributed by atoms with Crippen LogP contribution in [0.1, 0.15) is 30.4 Å². The molecule has 0 amide bonds. The third kappa shape index (κ3) is 5.13. The Labute approximate surface area is 193 Å². The number of piperidine rings is 1. The number of hydrogen-bond acceptors (Lipinski definition) is 6. The summed E-state index contributed by atoms with van der Waals surface area (Å²) in [5.41, 5.74) is 3.44. The first-order valence-electron chi connectivity index (χ1n) is 11.7. The van der Waals surface area contributed by atoms with Crippen LogP contribution in [0.2, 0.25) is 0 Å². The van der Waals surface area contributed by atoms with Crippen LogP contribution in [0.3, 0.4) is 0 Å². The first-order chi connectivity index (χ1) is 16.2. The smallest absolute Gasteiger partial charge is 0.336 e. The Morgan fingerprint density at radius 1 is 1.06 bits per heavy atom. The van der Waals surface area contributed by atoms with E-state index in [2.05, 4.69) is 41.4 Å². The van der Waals surface area contributed by atoms with E-state index in [1.165, 1.54) is 30.0 Å². The second-order valence-corrected chi connectivity index (χ2v) is 8.89. The summed E-state index contributed by atoms with van der Waals surface area (Å²) in [4.78, 5) is 14.1. The fraction of sp³-hybridized carbons (Fsp3) is 0.370. The minimum absolute atomic E-state index is 0.379. The molecule has 0 saturated carbocycles. The normalized spacial score (nSPS) is 15.4. The van der Waals surface area contributed by atoms with Gasteiger partial charge in [-0.05, 0) is 57.0 Å². The molecule has 0 atom stereocenters. The third-order valence-electron chi connectivity index (χ3n) is 6.44. The van der Waals surface area contributed by atoms with E-state index in [4.69, 9.17) is 13.6 Å². The topological polar surface area (TPSA) is 67.8 Å². The molecule has 0 radical (unpaired) electrons. The van der Waals surface area contributed by atoms with Crippen molar-refractivity contribution in [1.82, 2.24) is 10.2 Å². The number of hydrogen-bond donors (Lipinski definition) is 1. The molecule has 5 rings (SSSR count). The van der Waals surface area contributed by atoms with Crippen molar-refractivity contribution in [2.45, 2.75) is 38.8 Å². The van der Waals surface area contributed by atoms with Gasteiger partial charge in [-0.15, -0.1) is 0 Å². The van der Waals surface area contributed by atoms with Crippen molar-refractivity contribution in [2.24, 2.45) is 0 Å². The monoisotopic (exact) mass is 446 g/mol. The van der Waals surface area contributed by atoms with Crippen LogP contribution < -0.4 is 15.7 Å². The molecule has 172 valence electrons. The number of fused-ring (bicyclic) bond motifs is 2. The molecule has 0 spiro atoms. The molecule has 0 aliphatic carbocycles. The lowest BCUT2D eigenvalue weighted by atomic mass is 10.0. The summed E-state index contributed by atoms with van der Waals surface area (Å²) in [6, 6.07) is 16.1. The standard InChI is InChI=1S/C27H30N2O4/c1-19-4-2-5-20(16-19)18-28-21-8-12-29(13-9-21)11-3-14-32-27-22-6-7-26(30)33-25(22)17-24-23(27)10-15-31-24/h2,4-7,10,15-17,21,28H,3,8-9,11-14,18H2,1H3. The second-order valence-electron chi connectivity index (χ2n) is 8.89. The first kappa shape index (κ1) is 21.7. The summed E-state index contributed by atoms with van der Waals surface area (Å²) in [7, 11) is 0. The van der Waals surface area contributed by atoms with Gasteiger partial charge in [0.1, 0.15) is 16.9 Å². The molecule has 1 fully saturated rings. The molecule has 1 saturated heterocycles. The van der Waals surface area contributed by atoms with Crippen LogP contribution in [0.5, 0.6) is 5.75 Å². The fourth-order valence-electron chi connectivity index (χ4n) is 4.67. The average Bonchev–Trinajstić information content (AvgIpc) is 3.29. The molecule has 6 nitrogen and oxygen atoms in total. The van der Waals surface area contributed by atoms with E-state index in [1.54, 1.807) is 18.4 Å². The Kier molecular flexibility index (Phi) is 6.46. The Bertz CT molecular complexity index is 1280. The number of benzene rings is 2. The molecule has 33 heavy (non-hydrogen) atoms. The molecule has 6 heteroatoms. The lowest BCUT2D eigenvalue weighted by molar-refractivity contribution is 0.182. The predicted molar refractivity (Wildman–Crippen MR) is 130 cm³/mol. The van der Waals surface area contributed by atoms with Crippen molar-refractivity contribution in [2.75, 3.05) is 26.2 Å². The number of likely N-dealkylation sites (tertiary alicyclic amines) is 1. The maximum absolute atomic E-state index is 11.6. The summed E-state index contributed by atoms with van der Waals surface area (Å²) < 4.78 is 17.0. The minimum Gasteiger partial charge on any atom is -0.492 e. The Morgan fingerprint density at radius 3 is 2.76 bits per heavy atom. The van der Waals surface area contributed by atoms with Crippen molar-refractivity contribution in [3.8, 4) is 5.75 Å². The highest BCUT2D eigenvalue weighted by Crippen LogP contribution is 2.35. The van der Waals surface area contributed by atoms with Crippen molar-refractivity contribution >= 4 is 21.9 Å². The van der Waals surface area contributed by atoms with Gasteiger partial charge in [-0.25, -0.2) is 4.79 Å². The maximum Gasteiger partial charge on any atom is 0.336 e. The van der Waals surface area contributed by atoms with Crippen LogP contribution in [0.15, 0.2) is 68.4 Å². The largest absolute Gasteiger partial charge is 0.492 e. The van der Waals surface area contributed by atoms with Crippen molar-refractivity contribution < 1.29 is 13.6 Å². The molecule has 1 aliphatic heterocycles. The average molecular weight is 447 g/mol. The van der Waals surface area contributed by atoms with Crippen LogP contribution in [-0.2, 0) is 6.54 Å². The van der Waals surface area contributed by atoms with E-state index in [0.29, 0.717) is 23.8 Å². The first-order valence-corrected chi connectivity index (χ1v) is 11.7. The van der Waals surface area contributed by atoms with Gasteiger partial charge in [0.05, 0.1) is 23.6 Å². The third-order valence-corrected chi connectivity index (χ3v) is 6.44. The van der Waals surface area contributed by atoms with Gasteiger partial charge in [0.15, 0.2) is 0 Å². The van der Waals surface area contributed by atoms with E-state index in [1.807, 2.05) is 6.07 Å². The molecule has 1 aliphatic rings. The summed E-state index contributed by atoms with van der Waals surface area (Å²) in [5, 5.41) is 5.41. The molecular formula is C27H30N2O4. The zero-order valence-corrected chi connectivity index (χ0v) is 19.0. The number of ether oxygens (including phenoxy) is 1. The van der Waals surface area contributed by atoms with Gasteiger partial charge in [0.25, 0.3) is 0 Å². The van der Waals surface area contributed by atoms with E-state index >= 15 is 0 Å². The molecule has 0 unspecified atom stereocenters. The highest BCUT2D eigenvalue weighted by Gasteiger charge is 2.19. The van der Waals surface area contributed by atoms with Gasteiger partial charge >= 0.3 is 5.63 Å². The Balaban J connectivity index is 1.10. The van der Waals surface area contributed by atoms with Gasteiger partial charge in [-0.1, -0.05) is 29.8 Å². The van der Waals surface area contributed by atoms with Gasteiger partial charge in [0, 0.05) is 31.3 Å². The van der Waals surface area contributed by atoms with Crippen molar-refractivity contribution in [3.05, 3.63) is 76.3 Å². The van der Waals surface area contributed by atoms with E-state index in [-0.39, 0.29) is 5.63 Å². The molecule has 1 N–H and O–H groups in total. The predicted octanol–water partition coefficient (Wildman–Crippen LogP) is 4.87. The summed E-state index contributed by atoms with van der Waals surface area (Å²) in [5.74, 6) is 0.721. The molecule has 4 aromatic rings. The van der Waals surface area contributed by atoms with Crippen LogP contribution in [0, 0.1) is 6.92 Å². The van der Waals surface area contributed by atoms with Crippen LogP contribution >= 0.6 is 0 Å². The highest BCUT2D eigenvalue weighted by atomic mass is 16.5.